The molecule has 0 radical (unpaired) electrons. The van der Waals surface area contributed by atoms with Crippen LogP contribution >= 0.6 is 27.3 Å². The van der Waals surface area contributed by atoms with E-state index in [0.717, 1.165) is 21.7 Å². The third kappa shape index (κ3) is 4.37. The van der Waals surface area contributed by atoms with Gasteiger partial charge in [0.25, 0.3) is 15.9 Å². The fraction of sp³-hybridized carbons (Fsp3) is 0.214. The van der Waals surface area contributed by atoms with E-state index in [-0.39, 0.29) is 16.3 Å². The molecule has 1 aromatic heterocycles. The standard InChI is InChI=1S/C14H14BrFN2O3S2/c1-18(2)23(20,21)13-4-3-12(22-13)8-17-14(19)9-5-10(15)7-11(16)6-9/h3-7H,8H2,1-2H3,(H,17,19). The number of carbonyl (C=O) groups is 1. The first kappa shape index (κ1) is 18.1. The number of benzene rings is 1. The SMILES string of the molecule is CN(C)S(=O)(=O)c1ccc(CNC(=O)c2cc(F)cc(Br)c2)s1. The number of nitrogens with zero attached hydrogens (tertiary/aromatic N) is 1. The maximum absolute atomic E-state index is 13.3. The molecule has 0 unspecified atom stereocenters. The summed E-state index contributed by atoms with van der Waals surface area (Å²) in [6.07, 6.45) is 0. The molecule has 0 aliphatic rings. The van der Waals surface area contributed by atoms with Crippen LogP contribution in [0.1, 0.15) is 15.2 Å². The zero-order valence-corrected chi connectivity index (χ0v) is 15.6. The van der Waals surface area contributed by atoms with E-state index in [9.17, 15) is 17.6 Å². The zero-order valence-electron chi connectivity index (χ0n) is 12.3. The van der Waals surface area contributed by atoms with Gasteiger partial charge >= 0.3 is 0 Å². The van der Waals surface area contributed by atoms with E-state index in [1.807, 2.05) is 0 Å². The maximum atomic E-state index is 13.3. The van der Waals surface area contributed by atoms with Gasteiger partial charge in [0.2, 0.25) is 0 Å². The summed E-state index contributed by atoms with van der Waals surface area (Å²) in [5.74, 6) is -0.948. The Balaban J connectivity index is 2.07. The minimum Gasteiger partial charge on any atom is -0.347 e. The molecule has 0 bridgehead atoms. The molecule has 23 heavy (non-hydrogen) atoms. The monoisotopic (exact) mass is 420 g/mol. The molecule has 0 spiro atoms. The molecule has 0 atom stereocenters. The third-order valence-corrected chi connectivity index (χ3v) is 6.75. The number of nitrogens with one attached hydrogen (secondary N) is 1. The number of hydrogen-bond donors (Lipinski definition) is 1. The molecule has 5 nitrogen and oxygen atoms in total. The van der Waals surface area contributed by atoms with Gasteiger partial charge in [-0.2, -0.15) is 0 Å². The molecule has 1 N–H and O–H groups in total. The van der Waals surface area contributed by atoms with Crippen LogP contribution in [0.4, 0.5) is 4.39 Å². The van der Waals surface area contributed by atoms with Crippen molar-refractivity contribution in [3.8, 4) is 0 Å². The second kappa shape index (κ2) is 7.08. The lowest BCUT2D eigenvalue weighted by molar-refractivity contribution is 0.0950. The van der Waals surface area contributed by atoms with Gasteiger partial charge in [-0.1, -0.05) is 15.9 Å². The van der Waals surface area contributed by atoms with Gasteiger partial charge in [0.15, 0.2) is 0 Å². The summed E-state index contributed by atoms with van der Waals surface area (Å²) in [6.45, 7) is 0.167. The van der Waals surface area contributed by atoms with E-state index in [0.29, 0.717) is 9.35 Å². The van der Waals surface area contributed by atoms with Crippen molar-refractivity contribution in [1.82, 2.24) is 9.62 Å². The lowest BCUT2D eigenvalue weighted by atomic mass is 10.2. The van der Waals surface area contributed by atoms with Gasteiger partial charge in [-0.25, -0.2) is 17.1 Å². The largest absolute Gasteiger partial charge is 0.347 e. The summed E-state index contributed by atoms with van der Waals surface area (Å²) in [6, 6.07) is 7.04. The first-order chi connectivity index (χ1) is 10.7. The summed E-state index contributed by atoms with van der Waals surface area (Å²) in [5, 5.41) is 2.64. The molecule has 0 aliphatic heterocycles. The summed E-state index contributed by atoms with van der Waals surface area (Å²) in [4.78, 5) is 12.7. The van der Waals surface area contributed by atoms with Crippen molar-refractivity contribution in [2.75, 3.05) is 14.1 Å². The average molecular weight is 421 g/mol. The molecule has 9 heteroatoms. The highest BCUT2D eigenvalue weighted by Gasteiger charge is 2.19. The Labute approximate surface area is 146 Å². The summed E-state index contributed by atoms with van der Waals surface area (Å²) in [7, 11) is -0.561. The fourth-order valence-electron chi connectivity index (χ4n) is 1.73. The lowest BCUT2D eigenvalue weighted by Gasteiger charge is -2.08. The average Bonchev–Trinajstić information content (AvgIpc) is 2.93. The molecular formula is C14H14BrFN2O3S2. The topological polar surface area (TPSA) is 66.5 Å². The summed E-state index contributed by atoms with van der Waals surface area (Å²) >= 11 is 4.21. The molecular weight excluding hydrogens is 407 g/mol. The minimum atomic E-state index is -3.47. The molecule has 1 heterocycles. The molecule has 1 aromatic carbocycles. The Kier molecular flexibility index (Phi) is 5.56. The van der Waals surface area contributed by atoms with Crippen molar-refractivity contribution in [3.63, 3.8) is 0 Å². The second-order valence-electron chi connectivity index (χ2n) is 4.85. The second-order valence-corrected chi connectivity index (χ2v) is 9.31. The maximum Gasteiger partial charge on any atom is 0.252 e. The first-order valence-corrected chi connectivity index (χ1v) is 9.50. The van der Waals surface area contributed by atoms with Crippen molar-refractivity contribution in [2.45, 2.75) is 10.8 Å². The van der Waals surface area contributed by atoms with E-state index in [1.165, 1.54) is 32.3 Å². The van der Waals surface area contributed by atoms with Gasteiger partial charge < -0.3 is 5.32 Å². The third-order valence-electron chi connectivity index (χ3n) is 2.92. The molecule has 124 valence electrons. The smallest absolute Gasteiger partial charge is 0.252 e. The Morgan fingerprint density at radius 3 is 2.61 bits per heavy atom. The summed E-state index contributed by atoms with van der Waals surface area (Å²) < 4.78 is 39.1. The van der Waals surface area contributed by atoms with Gasteiger partial charge in [0.1, 0.15) is 10.0 Å². The Hall–Kier alpha value is -1.29. The van der Waals surface area contributed by atoms with E-state index >= 15 is 0 Å². The normalized spacial score (nSPS) is 11.7. The predicted molar refractivity (Wildman–Crippen MR) is 90.5 cm³/mol. The van der Waals surface area contributed by atoms with Gasteiger partial charge in [0, 0.05) is 29.0 Å². The van der Waals surface area contributed by atoms with Crippen LogP contribution in [0.2, 0.25) is 0 Å². The number of carbonyl (C=O) groups excluding carboxylic acids is 1. The van der Waals surface area contributed by atoms with E-state index in [2.05, 4.69) is 21.2 Å². The molecule has 0 saturated carbocycles. The fourth-order valence-corrected chi connectivity index (χ4v) is 4.66. The lowest BCUT2D eigenvalue weighted by Crippen LogP contribution is -2.22. The Bertz CT molecular complexity index is 814. The summed E-state index contributed by atoms with van der Waals surface area (Å²) in [5.41, 5.74) is 0.189. The Morgan fingerprint density at radius 1 is 1.30 bits per heavy atom. The molecule has 1 amide bonds. The van der Waals surface area contributed by atoms with Crippen LogP contribution in [0.25, 0.3) is 0 Å². The molecule has 0 saturated heterocycles. The van der Waals surface area contributed by atoms with E-state index < -0.39 is 21.7 Å². The highest BCUT2D eigenvalue weighted by atomic mass is 79.9. The number of thiophene rings is 1. The van der Waals surface area contributed by atoms with E-state index in [1.54, 1.807) is 6.07 Å². The minimum absolute atomic E-state index is 0.167. The molecule has 2 aromatic rings. The number of rotatable bonds is 5. The van der Waals surface area contributed by atoms with Crippen LogP contribution < -0.4 is 5.32 Å². The van der Waals surface area contributed by atoms with Crippen LogP contribution in [-0.2, 0) is 16.6 Å². The number of halogens is 2. The molecule has 0 fully saturated rings. The Morgan fingerprint density at radius 2 is 2.00 bits per heavy atom. The van der Waals surface area contributed by atoms with Crippen LogP contribution in [0.5, 0.6) is 0 Å². The van der Waals surface area contributed by atoms with Crippen molar-refractivity contribution < 1.29 is 17.6 Å². The van der Waals surface area contributed by atoms with Crippen molar-refractivity contribution >= 4 is 43.2 Å². The van der Waals surface area contributed by atoms with Crippen LogP contribution in [0, 0.1) is 5.82 Å². The first-order valence-electron chi connectivity index (χ1n) is 6.45. The van der Waals surface area contributed by atoms with Gasteiger partial charge in [-0.15, -0.1) is 11.3 Å². The highest BCUT2D eigenvalue weighted by Crippen LogP contribution is 2.23. The van der Waals surface area contributed by atoms with Gasteiger partial charge in [-0.3, -0.25) is 4.79 Å². The zero-order chi connectivity index (χ0) is 17.2. The van der Waals surface area contributed by atoms with Crippen LogP contribution in [-0.4, -0.2) is 32.7 Å². The molecule has 2 rings (SSSR count). The van der Waals surface area contributed by atoms with Crippen molar-refractivity contribution in [3.05, 3.63) is 51.1 Å². The number of sulfonamides is 1. The van der Waals surface area contributed by atoms with Crippen LogP contribution in [0.3, 0.4) is 0 Å². The van der Waals surface area contributed by atoms with Crippen molar-refractivity contribution in [1.29, 1.82) is 0 Å². The number of amides is 1. The van der Waals surface area contributed by atoms with Crippen molar-refractivity contribution in [2.24, 2.45) is 0 Å². The molecule has 0 aliphatic carbocycles. The predicted octanol–water partition coefficient (Wildman–Crippen LogP) is 2.83. The van der Waals surface area contributed by atoms with Gasteiger partial charge in [-0.05, 0) is 30.3 Å². The van der Waals surface area contributed by atoms with Crippen LogP contribution in [0.15, 0.2) is 39.0 Å². The number of hydrogen-bond acceptors (Lipinski definition) is 4. The van der Waals surface area contributed by atoms with Gasteiger partial charge in [0.05, 0.1) is 6.54 Å². The highest BCUT2D eigenvalue weighted by molar-refractivity contribution is 9.10. The quantitative estimate of drug-likeness (QED) is 0.808. The van der Waals surface area contributed by atoms with E-state index in [4.69, 9.17) is 0 Å².